The van der Waals surface area contributed by atoms with E-state index in [1.807, 2.05) is 17.5 Å². The molecule has 2 amide bonds. The highest BCUT2D eigenvalue weighted by atomic mass is 32.1. The molecule has 2 aromatic heterocycles. The molecule has 0 aliphatic rings. The number of ether oxygens (including phenoxy) is 1. The molecule has 0 saturated heterocycles. The van der Waals surface area contributed by atoms with Crippen LogP contribution in [0, 0.1) is 12.7 Å². The molecule has 0 aliphatic heterocycles. The molecule has 138 valence electrons. The lowest BCUT2D eigenvalue weighted by molar-refractivity contribution is -0.123. The van der Waals surface area contributed by atoms with Gasteiger partial charge in [0.25, 0.3) is 11.8 Å². The zero-order chi connectivity index (χ0) is 19.2. The van der Waals surface area contributed by atoms with Gasteiger partial charge in [0.05, 0.1) is 21.8 Å². The zero-order valence-corrected chi connectivity index (χ0v) is 15.2. The van der Waals surface area contributed by atoms with Gasteiger partial charge in [0.1, 0.15) is 11.6 Å². The number of aryl methyl sites for hydroxylation is 1. The van der Waals surface area contributed by atoms with Crippen LogP contribution in [-0.4, -0.2) is 23.4 Å². The number of halogens is 1. The number of rotatable bonds is 5. The molecule has 27 heavy (non-hydrogen) atoms. The molecule has 6 nitrogen and oxygen atoms in total. The van der Waals surface area contributed by atoms with E-state index in [4.69, 9.17) is 4.74 Å². The van der Waals surface area contributed by atoms with E-state index in [2.05, 4.69) is 15.8 Å². The first-order valence-electron chi connectivity index (χ1n) is 8.02. The Morgan fingerprint density at radius 3 is 2.56 bits per heavy atom. The summed E-state index contributed by atoms with van der Waals surface area (Å²) in [6.45, 7) is 1.41. The summed E-state index contributed by atoms with van der Waals surface area (Å²) < 4.78 is 18.0. The number of thiophene rings is 1. The van der Waals surface area contributed by atoms with E-state index < -0.39 is 17.6 Å². The summed E-state index contributed by atoms with van der Waals surface area (Å²) in [4.78, 5) is 29.4. The molecule has 3 rings (SSSR count). The summed E-state index contributed by atoms with van der Waals surface area (Å²) in [5.41, 5.74) is 6.29. The summed E-state index contributed by atoms with van der Waals surface area (Å²) in [6.07, 6.45) is 0. The Bertz CT molecular complexity index is 943. The Balaban J connectivity index is 1.52. The SMILES string of the molecule is Cc1nc(-c2cccs2)ccc1C(=O)NNC(=O)COc1ccc(F)cc1. The van der Waals surface area contributed by atoms with Crippen LogP contribution in [0.15, 0.2) is 53.9 Å². The van der Waals surface area contributed by atoms with Crippen molar-refractivity contribution >= 4 is 23.2 Å². The van der Waals surface area contributed by atoms with E-state index in [0.29, 0.717) is 17.0 Å². The molecule has 0 aliphatic carbocycles. The van der Waals surface area contributed by atoms with Gasteiger partial charge in [0, 0.05) is 0 Å². The van der Waals surface area contributed by atoms with Crippen molar-refractivity contribution in [3.05, 3.63) is 71.0 Å². The maximum atomic E-state index is 12.8. The summed E-state index contributed by atoms with van der Waals surface area (Å²) in [5.74, 6) is -1.07. The predicted molar refractivity (Wildman–Crippen MR) is 99.8 cm³/mol. The fourth-order valence-corrected chi connectivity index (χ4v) is 2.97. The molecule has 0 saturated carbocycles. The maximum absolute atomic E-state index is 12.8. The first-order chi connectivity index (χ1) is 13.0. The van der Waals surface area contributed by atoms with Crippen molar-refractivity contribution < 1.29 is 18.7 Å². The number of benzene rings is 1. The van der Waals surface area contributed by atoms with Gasteiger partial charge in [-0.05, 0) is 54.8 Å². The van der Waals surface area contributed by atoms with Crippen molar-refractivity contribution in [3.63, 3.8) is 0 Å². The Kier molecular flexibility index (Phi) is 5.77. The van der Waals surface area contributed by atoms with Crippen molar-refractivity contribution in [2.75, 3.05) is 6.61 Å². The highest BCUT2D eigenvalue weighted by molar-refractivity contribution is 7.13. The van der Waals surface area contributed by atoms with Gasteiger partial charge in [-0.1, -0.05) is 6.07 Å². The van der Waals surface area contributed by atoms with E-state index in [0.717, 1.165) is 10.6 Å². The van der Waals surface area contributed by atoms with Crippen LogP contribution < -0.4 is 15.6 Å². The molecule has 0 unspecified atom stereocenters. The van der Waals surface area contributed by atoms with Gasteiger partial charge >= 0.3 is 0 Å². The lowest BCUT2D eigenvalue weighted by Gasteiger charge is -2.10. The largest absolute Gasteiger partial charge is 0.484 e. The molecule has 0 fully saturated rings. The number of nitrogens with zero attached hydrogens (tertiary/aromatic N) is 1. The average Bonchev–Trinajstić information content (AvgIpc) is 3.20. The molecule has 8 heteroatoms. The lowest BCUT2D eigenvalue weighted by Crippen LogP contribution is -2.44. The van der Waals surface area contributed by atoms with Crippen LogP contribution in [0.5, 0.6) is 5.75 Å². The summed E-state index contributed by atoms with van der Waals surface area (Å²) in [5, 5.41) is 1.95. The average molecular weight is 385 g/mol. The third kappa shape index (κ3) is 4.89. The number of aromatic nitrogens is 1. The standard InChI is InChI=1S/C19H16FN3O3S/c1-12-15(8-9-16(21-12)17-3-2-10-27-17)19(25)23-22-18(24)11-26-14-6-4-13(20)5-7-14/h2-10H,11H2,1H3,(H,22,24)(H,23,25). The van der Waals surface area contributed by atoms with E-state index in [9.17, 15) is 14.0 Å². The minimum atomic E-state index is -0.548. The van der Waals surface area contributed by atoms with Crippen LogP contribution in [-0.2, 0) is 4.79 Å². The smallest absolute Gasteiger partial charge is 0.276 e. The highest BCUT2D eigenvalue weighted by Gasteiger charge is 2.13. The predicted octanol–water partition coefficient (Wildman–Crippen LogP) is 3.10. The monoisotopic (exact) mass is 385 g/mol. The molecule has 3 aromatic rings. The Hall–Kier alpha value is -3.26. The second-order valence-electron chi connectivity index (χ2n) is 5.55. The van der Waals surface area contributed by atoms with Gasteiger partial charge in [-0.25, -0.2) is 4.39 Å². The molecule has 0 radical (unpaired) electrons. The van der Waals surface area contributed by atoms with Gasteiger partial charge in [-0.2, -0.15) is 0 Å². The van der Waals surface area contributed by atoms with E-state index >= 15 is 0 Å². The van der Waals surface area contributed by atoms with Gasteiger partial charge in [0.2, 0.25) is 0 Å². The van der Waals surface area contributed by atoms with Crippen LogP contribution in [0.4, 0.5) is 4.39 Å². The minimum absolute atomic E-state index is 0.319. The quantitative estimate of drug-likeness (QED) is 0.662. The van der Waals surface area contributed by atoms with Crippen molar-refractivity contribution in [1.82, 2.24) is 15.8 Å². The van der Waals surface area contributed by atoms with E-state index in [-0.39, 0.29) is 6.61 Å². The first kappa shape index (κ1) is 18.5. The van der Waals surface area contributed by atoms with Gasteiger partial charge in [-0.3, -0.25) is 25.4 Å². The molecule has 1 aromatic carbocycles. The number of amides is 2. The summed E-state index contributed by atoms with van der Waals surface area (Å²) in [6, 6.07) is 12.6. The topological polar surface area (TPSA) is 80.3 Å². The van der Waals surface area contributed by atoms with Crippen LogP contribution in [0.1, 0.15) is 16.1 Å². The molecule has 2 heterocycles. The second-order valence-corrected chi connectivity index (χ2v) is 6.50. The Labute approximate surface area is 159 Å². The van der Waals surface area contributed by atoms with Crippen molar-refractivity contribution in [2.45, 2.75) is 6.92 Å². The summed E-state index contributed by atoms with van der Waals surface area (Å²) >= 11 is 1.56. The fraction of sp³-hybridized carbons (Fsp3) is 0.105. The van der Waals surface area contributed by atoms with Gasteiger partial charge in [0.15, 0.2) is 6.61 Å². The number of nitrogens with one attached hydrogen (secondary N) is 2. The van der Waals surface area contributed by atoms with Crippen molar-refractivity contribution in [3.8, 4) is 16.3 Å². The number of hydrogen-bond donors (Lipinski definition) is 2. The van der Waals surface area contributed by atoms with Gasteiger partial charge in [-0.15, -0.1) is 11.3 Å². The number of hydrazine groups is 1. The van der Waals surface area contributed by atoms with Crippen molar-refractivity contribution in [2.24, 2.45) is 0 Å². The number of carbonyl (C=O) groups excluding carboxylic acids is 2. The third-order valence-electron chi connectivity index (χ3n) is 3.60. The molecule has 0 atom stereocenters. The number of hydrogen-bond acceptors (Lipinski definition) is 5. The minimum Gasteiger partial charge on any atom is -0.484 e. The van der Waals surface area contributed by atoms with E-state index in [1.165, 1.54) is 24.3 Å². The summed E-state index contributed by atoms with van der Waals surface area (Å²) in [7, 11) is 0. The molecule has 0 bridgehead atoms. The number of pyridine rings is 1. The Morgan fingerprint density at radius 2 is 1.89 bits per heavy atom. The van der Waals surface area contributed by atoms with Crippen LogP contribution in [0.3, 0.4) is 0 Å². The highest BCUT2D eigenvalue weighted by Crippen LogP contribution is 2.23. The normalized spacial score (nSPS) is 10.3. The number of carbonyl (C=O) groups is 2. The molecular weight excluding hydrogens is 369 g/mol. The lowest BCUT2D eigenvalue weighted by atomic mass is 10.1. The van der Waals surface area contributed by atoms with Crippen LogP contribution in [0.25, 0.3) is 10.6 Å². The maximum Gasteiger partial charge on any atom is 0.276 e. The third-order valence-corrected chi connectivity index (χ3v) is 4.50. The molecular formula is C19H16FN3O3S. The van der Waals surface area contributed by atoms with Crippen LogP contribution >= 0.6 is 11.3 Å². The first-order valence-corrected chi connectivity index (χ1v) is 8.90. The molecule has 2 N–H and O–H groups in total. The van der Waals surface area contributed by atoms with E-state index in [1.54, 1.807) is 30.4 Å². The molecule has 0 spiro atoms. The fourth-order valence-electron chi connectivity index (χ4n) is 2.27. The Morgan fingerprint density at radius 1 is 1.11 bits per heavy atom. The van der Waals surface area contributed by atoms with Crippen LogP contribution in [0.2, 0.25) is 0 Å². The zero-order valence-electron chi connectivity index (χ0n) is 14.4. The van der Waals surface area contributed by atoms with Gasteiger partial charge < -0.3 is 4.74 Å². The second kappa shape index (κ2) is 8.41. The van der Waals surface area contributed by atoms with Crippen molar-refractivity contribution in [1.29, 1.82) is 0 Å².